The van der Waals surface area contributed by atoms with Crippen molar-refractivity contribution in [3.63, 3.8) is 0 Å². The van der Waals surface area contributed by atoms with Gasteiger partial charge in [0.1, 0.15) is 0 Å². The molecule has 0 unspecified atom stereocenters. The molecule has 0 aliphatic carbocycles. The van der Waals surface area contributed by atoms with Crippen molar-refractivity contribution in [3.05, 3.63) is 0 Å². The number of phosphoric acid groups is 1. The number of hydrogen-bond acceptors (Lipinski definition) is 7. The van der Waals surface area contributed by atoms with Gasteiger partial charge in [-0.2, -0.15) is 0 Å². The van der Waals surface area contributed by atoms with Crippen molar-refractivity contribution in [3.8, 4) is 0 Å². The fourth-order valence-corrected chi connectivity index (χ4v) is 0. The van der Waals surface area contributed by atoms with Crippen LogP contribution in [0.2, 0.25) is 0 Å². The van der Waals surface area contributed by atoms with Gasteiger partial charge in [-0.05, 0) is 0 Å². The summed E-state index contributed by atoms with van der Waals surface area (Å²) in [5, 5.41) is 0. The van der Waals surface area contributed by atoms with Crippen molar-refractivity contribution >= 4 is 45.5 Å². The molecule has 0 spiro atoms. The molecule has 3 radical (unpaired) electrons. The van der Waals surface area contributed by atoms with Crippen LogP contribution in [0.3, 0.4) is 0 Å². The topological polar surface area (TPSA) is 191 Å². The van der Waals surface area contributed by atoms with E-state index in [2.05, 4.69) is 0 Å². The van der Waals surface area contributed by atoms with Crippen LogP contribution in [-0.4, -0.2) is 60.1 Å². The second kappa shape index (κ2) is 11.5. The van der Waals surface area contributed by atoms with E-state index in [0.29, 0.717) is 0 Å². The van der Waals surface area contributed by atoms with Crippen LogP contribution in [0.5, 0.6) is 0 Å². The Kier molecular flexibility index (Phi) is 25.8. The molecule has 0 fully saturated rings. The average Bonchev–Trinajstić information content (AvgIpc) is 1.12. The van der Waals surface area contributed by atoms with Crippen LogP contribution in [0.1, 0.15) is 0 Å². The Labute approximate surface area is 104 Å². The molecule has 0 aromatic heterocycles. The quantitative estimate of drug-likeness (QED) is 0.153. The Bertz CT molecular complexity index is 198. The largest absolute Gasteiger partial charge is 2.00 e. The van der Waals surface area contributed by atoms with E-state index in [9.17, 15) is 0 Å². The molecule has 3 N–H and O–H groups in total. The van der Waals surface area contributed by atoms with Gasteiger partial charge in [-0.15, -0.1) is 0 Å². The summed E-state index contributed by atoms with van der Waals surface area (Å²) in [6.07, 6.45) is 0. The summed E-state index contributed by atoms with van der Waals surface area (Å²) in [5.74, 6) is 0. The Morgan fingerprint density at radius 2 is 1.15 bits per heavy atom. The summed E-state index contributed by atoms with van der Waals surface area (Å²) in [6, 6.07) is 0. The number of rotatable bonds is 0. The molecule has 0 heterocycles. The zero-order valence-corrected chi connectivity index (χ0v) is 12.0. The Morgan fingerprint density at radius 1 is 1.15 bits per heavy atom. The minimum absolute atomic E-state index is 0. The molecule has 0 aliphatic heterocycles. The Balaban J connectivity index is -0.0000000267. The van der Waals surface area contributed by atoms with Crippen LogP contribution in [0.4, 0.5) is 0 Å². The second-order valence-corrected chi connectivity index (χ2v) is 2.70. The van der Waals surface area contributed by atoms with E-state index in [-0.39, 0.29) is 49.8 Å². The molecule has 83 valence electrons. The van der Waals surface area contributed by atoms with Gasteiger partial charge in [0.25, 0.3) is 7.82 Å². The van der Waals surface area contributed by atoms with Gasteiger partial charge in [-0.3, -0.25) is 13.0 Å². The van der Waals surface area contributed by atoms with Gasteiger partial charge in [-0.25, -0.2) is 0 Å². The normalized spacial score (nSPS) is 9.00. The molecule has 0 aromatic rings. The molecule has 0 atom stereocenters. The standard InChI is InChI=1S/Cu.H3O4P.H2O4S.H2O.Pb/c;2*1-5(2,3)4;;/h;(H3,1,2,3,4);(H2,1,2,3,4);1H2;/q+2;;;;+2/p-4. The predicted octanol–water partition coefficient (Wildman–Crippen LogP) is -3.46. The summed E-state index contributed by atoms with van der Waals surface area (Å²) in [6.45, 7) is 0. The van der Waals surface area contributed by atoms with E-state index >= 15 is 0 Å². The van der Waals surface area contributed by atoms with E-state index in [4.69, 9.17) is 36.8 Å². The summed E-state index contributed by atoms with van der Waals surface area (Å²) in [5.41, 5.74) is 0. The molecule has 0 amide bonds. The first-order valence-electron chi connectivity index (χ1n) is 1.43. The third-order valence-electron chi connectivity index (χ3n) is 0. The molecular formula is H3CuO9PPbS. The fraction of sp³-hybridized carbons (Fsp3) is 0. The van der Waals surface area contributed by atoms with Gasteiger partial charge < -0.3 is 29.3 Å². The first-order chi connectivity index (χ1) is 4.00. The third-order valence-corrected chi connectivity index (χ3v) is 0. The minimum Gasteiger partial charge on any atom is -0.870 e. The van der Waals surface area contributed by atoms with Gasteiger partial charge in [0.15, 0.2) is 0 Å². The van der Waals surface area contributed by atoms with Crippen LogP contribution in [0.15, 0.2) is 0 Å². The van der Waals surface area contributed by atoms with Gasteiger partial charge in [0.05, 0.1) is 0 Å². The van der Waals surface area contributed by atoms with Crippen LogP contribution >= 0.6 is 7.82 Å². The molecule has 0 saturated carbocycles. The van der Waals surface area contributed by atoms with Crippen molar-refractivity contribution in [2.45, 2.75) is 0 Å². The maximum absolute atomic E-state index is 8.77. The van der Waals surface area contributed by atoms with Crippen molar-refractivity contribution in [1.82, 2.24) is 0 Å². The summed E-state index contributed by atoms with van der Waals surface area (Å²) < 4.78 is 42.9. The average molecular weight is 481 g/mol. The molecular weight excluding hydrogens is 478 g/mol. The fourth-order valence-electron chi connectivity index (χ4n) is 0. The first-order valence-corrected chi connectivity index (χ1v) is 4.30. The Morgan fingerprint density at radius 3 is 1.15 bits per heavy atom. The summed E-state index contributed by atoms with van der Waals surface area (Å²) >= 11 is 0. The monoisotopic (exact) mass is 481 g/mol. The predicted molar refractivity (Wildman–Crippen MR) is 30.2 cm³/mol. The maximum Gasteiger partial charge on any atom is 2.00 e. The smallest absolute Gasteiger partial charge is 0.870 e. The van der Waals surface area contributed by atoms with Crippen LogP contribution in [0.25, 0.3) is 0 Å². The van der Waals surface area contributed by atoms with Crippen LogP contribution in [-0.2, 0) is 32.0 Å². The Hall–Kier alpha value is 1.38. The summed E-state index contributed by atoms with van der Waals surface area (Å²) in [4.78, 5) is 22.9. The van der Waals surface area contributed by atoms with E-state index in [1.165, 1.54) is 0 Å². The van der Waals surface area contributed by atoms with Gasteiger partial charge in [0, 0.05) is 10.4 Å². The van der Waals surface area contributed by atoms with E-state index in [1.54, 1.807) is 0 Å². The van der Waals surface area contributed by atoms with E-state index in [0.717, 1.165) is 0 Å². The minimum atomic E-state index is -5.17. The third kappa shape index (κ3) is 908. The molecule has 9 nitrogen and oxygen atoms in total. The molecule has 13 heavy (non-hydrogen) atoms. The molecule has 13 heteroatoms. The van der Waals surface area contributed by atoms with E-state index in [1.807, 2.05) is 0 Å². The van der Waals surface area contributed by atoms with Crippen LogP contribution < -0.4 is 4.89 Å². The summed E-state index contributed by atoms with van der Waals surface area (Å²) in [7, 11) is -10.1. The molecule has 0 rings (SSSR count). The van der Waals surface area contributed by atoms with Crippen molar-refractivity contribution in [2.75, 3.05) is 0 Å². The van der Waals surface area contributed by atoms with Crippen LogP contribution in [0, 0.1) is 0 Å². The van der Waals surface area contributed by atoms with Crippen molar-refractivity contribution < 1.29 is 59.3 Å². The van der Waals surface area contributed by atoms with Gasteiger partial charge in [0.2, 0.25) is 0 Å². The molecule has 0 aromatic carbocycles. The number of hydrogen-bond donors (Lipinski definition) is 2. The second-order valence-electron chi connectivity index (χ2n) is 0.899. The zero-order chi connectivity index (χ0) is 9.00. The van der Waals surface area contributed by atoms with Gasteiger partial charge in [-0.1, -0.05) is 0 Å². The van der Waals surface area contributed by atoms with Crippen molar-refractivity contribution in [2.24, 2.45) is 0 Å². The maximum atomic E-state index is 8.77. The first kappa shape index (κ1) is 29.3. The molecule has 0 aliphatic rings. The SMILES string of the molecule is O=P([O-])(O)O.O=S(=O)([O-])[O-].[Cu+2].[OH-].[Pb+2]. The van der Waals surface area contributed by atoms with Crippen molar-refractivity contribution in [1.29, 1.82) is 0 Å². The molecule has 0 saturated heterocycles. The van der Waals surface area contributed by atoms with Gasteiger partial charge >= 0.3 is 44.4 Å². The molecule has 0 bridgehead atoms. The van der Waals surface area contributed by atoms with E-state index < -0.39 is 18.2 Å². The zero-order valence-electron chi connectivity index (χ0n) is 5.45.